The Kier molecular flexibility index (Phi) is 3.58. The Labute approximate surface area is 109 Å². The molecule has 0 bridgehead atoms. The van der Waals surface area contributed by atoms with Crippen molar-refractivity contribution in [3.63, 3.8) is 0 Å². The molecule has 0 aliphatic rings. The number of hydrogen-bond acceptors (Lipinski definition) is 2. The summed E-state index contributed by atoms with van der Waals surface area (Å²) in [4.78, 5) is 15.2. The first-order chi connectivity index (χ1) is 8.58. The summed E-state index contributed by atoms with van der Waals surface area (Å²) in [5, 5.41) is 3.10. The summed E-state index contributed by atoms with van der Waals surface area (Å²) in [5.74, 6) is -1.35. The van der Waals surface area contributed by atoms with Gasteiger partial charge in [0.1, 0.15) is 0 Å². The van der Waals surface area contributed by atoms with E-state index in [4.69, 9.17) is 11.6 Å². The number of amides is 1. The van der Waals surface area contributed by atoms with Gasteiger partial charge in [0.05, 0.1) is 5.56 Å². The van der Waals surface area contributed by atoms with Crippen molar-refractivity contribution >= 4 is 23.2 Å². The van der Waals surface area contributed by atoms with Crippen LogP contribution in [0.2, 0.25) is 5.02 Å². The fourth-order valence-corrected chi connectivity index (χ4v) is 1.60. The number of anilines is 1. The Morgan fingerprint density at radius 2 is 2.17 bits per heavy atom. The van der Waals surface area contributed by atoms with E-state index >= 15 is 0 Å². The number of aryl methyl sites for hydroxylation is 1. The minimum atomic E-state index is -0.798. The summed E-state index contributed by atoms with van der Waals surface area (Å²) >= 11 is 5.94. The van der Waals surface area contributed by atoms with E-state index in [1.54, 1.807) is 18.2 Å². The third kappa shape index (κ3) is 2.65. The number of hydrogen-bond donors (Lipinski definition) is 1. The van der Waals surface area contributed by atoms with Crippen molar-refractivity contribution < 1.29 is 9.18 Å². The minimum absolute atomic E-state index is 0.103. The molecule has 1 N–H and O–H groups in total. The molecule has 0 fully saturated rings. The van der Waals surface area contributed by atoms with Crippen molar-refractivity contribution in [2.24, 2.45) is 0 Å². The number of carbonyl (C=O) groups is 1. The van der Waals surface area contributed by atoms with Gasteiger partial charge in [0, 0.05) is 16.9 Å². The summed E-state index contributed by atoms with van der Waals surface area (Å²) in [6.07, 6.45) is 1.29. The molecule has 3 nitrogen and oxygen atoms in total. The molecule has 1 amide bonds. The number of pyridine rings is 1. The molecule has 0 saturated carbocycles. The maximum Gasteiger partial charge on any atom is 0.260 e. The third-order valence-corrected chi connectivity index (χ3v) is 2.84. The Hall–Kier alpha value is -1.94. The van der Waals surface area contributed by atoms with E-state index in [-0.39, 0.29) is 5.56 Å². The van der Waals surface area contributed by atoms with Crippen molar-refractivity contribution in [1.29, 1.82) is 0 Å². The maximum atomic E-state index is 13.3. The Bertz CT molecular complexity index is 601. The second-order valence-corrected chi connectivity index (χ2v) is 4.17. The molecule has 0 spiro atoms. The molecule has 92 valence electrons. The van der Waals surface area contributed by atoms with Gasteiger partial charge in [0.25, 0.3) is 5.91 Å². The summed E-state index contributed by atoms with van der Waals surface area (Å²) in [5.41, 5.74) is 1.32. The highest BCUT2D eigenvalue weighted by Crippen LogP contribution is 2.20. The van der Waals surface area contributed by atoms with Gasteiger partial charge in [-0.05, 0) is 36.8 Å². The predicted octanol–water partition coefficient (Wildman–Crippen LogP) is 3.43. The van der Waals surface area contributed by atoms with Gasteiger partial charge in [-0.25, -0.2) is 4.98 Å². The molecule has 0 atom stereocenters. The lowest BCUT2D eigenvalue weighted by molar-refractivity contribution is 0.102. The molecule has 0 radical (unpaired) electrons. The first-order valence-electron chi connectivity index (χ1n) is 5.26. The van der Waals surface area contributed by atoms with Crippen LogP contribution < -0.4 is 5.32 Å². The number of halogens is 2. The van der Waals surface area contributed by atoms with Crippen LogP contribution in [0.3, 0.4) is 0 Å². The van der Waals surface area contributed by atoms with E-state index in [2.05, 4.69) is 10.3 Å². The van der Waals surface area contributed by atoms with Crippen molar-refractivity contribution in [2.75, 3.05) is 5.32 Å². The van der Waals surface area contributed by atoms with Gasteiger partial charge in [0.15, 0.2) is 0 Å². The quantitative estimate of drug-likeness (QED) is 0.845. The summed E-state index contributed by atoms with van der Waals surface area (Å²) in [6.45, 7) is 1.86. The molecule has 2 aromatic rings. The van der Waals surface area contributed by atoms with Gasteiger partial charge in [-0.3, -0.25) is 4.79 Å². The first kappa shape index (κ1) is 12.5. The highest BCUT2D eigenvalue weighted by molar-refractivity contribution is 6.31. The van der Waals surface area contributed by atoms with Gasteiger partial charge in [-0.1, -0.05) is 17.7 Å². The second-order valence-electron chi connectivity index (χ2n) is 3.76. The zero-order valence-corrected chi connectivity index (χ0v) is 10.3. The van der Waals surface area contributed by atoms with Crippen LogP contribution in [-0.2, 0) is 0 Å². The summed E-state index contributed by atoms with van der Waals surface area (Å²) in [6, 6.07) is 7.96. The molecule has 2 rings (SSSR count). The molecule has 1 aromatic heterocycles. The van der Waals surface area contributed by atoms with Gasteiger partial charge in [-0.2, -0.15) is 4.39 Å². The second kappa shape index (κ2) is 5.14. The summed E-state index contributed by atoms with van der Waals surface area (Å²) < 4.78 is 13.3. The van der Waals surface area contributed by atoms with E-state index in [0.29, 0.717) is 10.7 Å². The molecule has 0 aliphatic heterocycles. The molecule has 1 aromatic carbocycles. The van der Waals surface area contributed by atoms with Gasteiger partial charge in [0.2, 0.25) is 5.95 Å². The van der Waals surface area contributed by atoms with Gasteiger partial charge < -0.3 is 5.32 Å². The van der Waals surface area contributed by atoms with E-state index < -0.39 is 11.9 Å². The molecule has 5 heteroatoms. The van der Waals surface area contributed by atoms with Crippen LogP contribution in [0.15, 0.2) is 36.5 Å². The number of benzene rings is 1. The minimum Gasteiger partial charge on any atom is -0.322 e. The first-order valence-corrected chi connectivity index (χ1v) is 5.64. The van der Waals surface area contributed by atoms with Crippen LogP contribution in [-0.4, -0.2) is 10.9 Å². The van der Waals surface area contributed by atoms with E-state index in [0.717, 1.165) is 5.56 Å². The Morgan fingerprint density at radius 1 is 1.39 bits per heavy atom. The number of nitrogens with zero attached hydrogens (tertiary/aromatic N) is 1. The topological polar surface area (TPSA) is 42.0 Å². The molecule has 0 aliphatic carbocycles. The lowest BCUT2D eigenvalue weighted by Gasteiger charge is -2.07. The number of nitrogens with one attached hydrogen (secondary N) is 1. The lowest BCUT2D eigenvalue weighted by Crippen LogP contribution is -2.14. The molecular formula is C13H10ClFN2O. The number of carbonyl (C=O) groups excluding carboxylic acids is 1. The van der Waals surface area contributed by atoms with Crippen LogP contribution in [0.5, 0.6) is 0 Å². The van der Waals surface area contributed by atoms with E-state index in [1.807, 2.05) is 6.92 Å². The third-order valence-electron chi connectivity index (χ3n) is 2.43. The van der Waals surface area contributed by atoms with Crippen LogP contribution in [0.4, 0.5) is 10.1 Å². The van der Waals surface area contributed by atoms with Crippen molar-refractivity contribution in [2.45, 2.75) is 6.92 Å². The van der Waals surface area contributed by atoms with Crippen LogP contribution >= 0.6 is 11.6 Å². The SMILES string of the molecule is Cc1ccc(NC(=O)c2cccnc2F)cc1Cl. The fourth-order valence-electron chi connectivity index (χ4n) is 1.42. The molecule has 0 unspecified atom stereocenters. The van der Waals surface area contributed by atoms with Crippen LogP contribution in [0.25, 0.3) is 0 Å². The molecule has 18 heavy (non-hydrogen) atoms. The lowest BCUT2D eigenvalue weighted by atomic mass is 10.2. The van der Waals surface area contributed by atoms with Crippen LogP contribution in [0, 0.1) is 12.9 Å². The predicted molar refractivity (Wildman–Crippen MR) is 68.3 cm³/mol. The van der Waals surface area contributed by atoms with Crippen molar-refractivity contribution in [3.05, 3.63) is 58.6 Å². The van der Waals surface area contributed by atoms with Crippen molar-refractivity contribution in [1.82, 2.24) is 4.98 Å². The highest BCUT2D eigenvalue weighted by Gasteiger charge is 2.12. The smallest absolute Gasteiger partial charge is 0.260 e. The average Bonchev–Trinajstić information content (AvgIpc) is 2.34. The normalized spacial score (nSPS) is 10.2. The summed E-state index contributed by atoms with van der Waals surface area (Å²) in [7, 11) is 0. The van der Waals surface area contributed by atoms with Gasteiger partial charge >= 0.3 is 0 Å². The maximum absolute atomic E-state index is 13.3. The zero-order chi connectivity index (χ0) is 13.1. The largest absolute Gasteiger partial charge is 0.322 e. The molecular weight excluding hydrogens is 255 g/mol. The average molecular weight is 265 g/mol. The molecule has 0 saturated heterocycles. The standard InChI is InChI=1S/C13H10ClFN2O/c1-8-4-5-9(7-11(8)14)17-13(18)10-3-2-6-16-12(10)15/h2-7H,1H3,(H,17,18). The monoisotopic (exact) mass is 264 g/mol. The van der Waals surface area contributed by atoms with Crippen LogP contribution in [0.1, 0.15) is 15.9 Å². The highest BCUT2D eigenvalue weighted by atomic mass is 35.5. The van der Waals surface area contributed by atoms with Gasteiger partial charge in [-0.15, -0.1) is 0 Å². The molecule has 1 heterocycles. The fraction of sp³-hybridized carbons (Fsp3) is 0.0769. The number of rotatable bonds is 2. The Balaban J connectivity index is 2.22. The van der Waals surface area contributed by atoms with E-state index in [1.165, 1.54) is 18.3 Å². The van der Waals surface area contributed by atoms with Crippen molar-refractivity contribution in [3.8, 4) is 0 Å². The number of aromatic nitrogens is 1. The zero-order valence-electron chi connectivity index (χ0n) is 9.58. The Morgan fingerprint density at radius 3 is 2.83 bits per heavy atom. The van der Waals surface area contributed by atoms with E-state index in [9.17, 15) is 9.18 Å².